The Balaban J connectivity index is 0.000000518. The van der Waals surface area contributed by atoms with E-state index < -0.39 is 17.9 Å². The van der Waals surface area contributed by atoms with Gasteiger partial charge in [-0.15, -0.1) is 0 Å². The molecular formula is C24H21Cl3LaO9. The summed E-state index contributed by atoms with van der Waals surface area (Å²) in [7, 11) is 4.20. The minimum atomic E-state index is -1.02. The van der Waals surface area contributed by atoms with Gasteiger partial charge >= 0.3 is 17.9 Å². The molecule has 3 aromatic rings. The van der Waals surface area contributed by atoms with Crippen molar-refractivity contribution in [3.05, 3.63) is 86.4 Å². The summed E-state index contributed by atoms with van der Waals surface area (Å²) >= 11 is 16.9. The van der Waals surface area contributed by atoms with Crippen LogP contribution in [0, 0.1) is 35.6 Å². The SMILES string of the molecule is COc1cc(Cl)ccc1C(=O)O.COc1cc(Cl)ccc1C(=O)O.COc1cc(Cl)ccc1C(=O)O.[La]. The third-order valence-electron chi connectivity index (χ3n) is 4.18. The molecule has 37 heavy (non-hydrogen) atoms. The van der Waals surface area contributed by atoms with Crippen molar-refractivity contribution >= 4 is 52.7 Å². The van der Waals surface area contributed by atoms with E-state index in [0.29, 0.717) is 15.1 Å². The summed E-state index contributed by atoms with van der Waals surface area (Å²) in [5.74, 6) is -2.25. The molecule has 0 saturated carbocycles. The van der Waals surface area contributed by atoms with E-state index in [9.17, 15) is 14.4 Å². The molecule has 0 unspecified atom stereocenters. The van der Waals surface area contributed by atoms with Crippen LogP contribution < -0.4 is 14.2 Å². The number of ether oxygens (including phenoxy) is 3. The summed E-state index contributed by atoms with van der Waals surface area (Å²) in [5, 5.41) is 27.4. The smallest absolute Gasteiger partial charge is 0.339 e. The van der Waals surface area contributed by atoms with Crippen LogP contribution in [-0.2, 0) is 0 Å². The Kier molecular flexibility index (Phi) is 16.0. The van der Waals surface area contributed by atoms with Gasteiger partial charge in [0.2, 0.25) is 0 Å². The van der Waals surface area contributed by atoms with Crippen molar-refractivity contribution in [3.63, 3.8) is 0 Å². The molecule has 0 aromatic heterocycles. The average Bonchev–Trinajstić information content (AvgIpc) is 2.83. The molecule has 3 rings (SSSR count). The van der Waals surface area contributed by atoms with E-state index in [1.165, 1.54) is 75.9 Å². The largest absolute Gasteiger partial charge is 0.496 e. The molecule has 0 aliphatic carbocycles. The topological polar surface area (TPSA) is 140 Å². The molecular weight excluding hydrogens is 678 g/mol. The molecule has 0 spiro atoms. The molecule has 13 heteroatoms. The predicted molar refractivity (Wildman–Crippen MR) is 135 cm³/mol. The van der Waals surface area contributed by atoms with E-state index in [0.717, 1.165) is 0 Å². The van der Waals surface area contributed by atoms with Crippen LogP contribution in [0.1, 0.15) is 31.1 Å². The van der Waals surface area contributed by atoms with Crippen LogP contribution in [0.4, 0.5) is 0 Å². The number of hydrogen-bond acceptors (Lipinski definition) is 6. The fourth-order valence-electron chi connectivity index (χ4n) is 2.53. The summed E-state index contributed by atoms with van der Waals surface area (Å²) in [6.07, 6.45) is 0. The minimum absolute atomic E-state index is 0. The standard InChI is InChI=1S/3C8H7ClO3.La/c3*1-12-7-4-5(9)2-3-6(7)8(10)11;/h3*2-4H,1H3,(H,10,11);. The second-order valence-electron chi connectivity index (χ2n) is 6.45. The monoisotopic (exact) mass is 697 g/mol. The van der Waals surface area contributed by atoms with E-state index in [-0.39, 0.29) is 69.5 Å². The number of carbonyl (C=O) groups is 3. The van der Waals surface area contributed by atoms with Gasteiger partial charge in [0.05, 0.1) is 21.3 Å². The zero-order chi connectivity index (χ0) is 27.4. The van der Waals surface area contributed by atoms with Gasteiger partial charge < -0.3 is 29.5 Å². The fraction of sp³-hybridized carbons (Fsp3) is 0.125. The van der Waals surface area contributed by atoms with Crippen LogP contribution >= 0.6 is 34.8 Å². The Morgan fingerprint density at radius 3 is 0.919 bits per heavy atom. The van der Waals surface area contributed by atoms with Gasteiger partial charge in [0.1, 0.15) is 33.9 Å². The van der Waals surface area contributed by atoms with Gasteiger partial charge in [-0.25, -0.2) is 14.4 Å². The molecule has 0 fully saturated rings. The summed E-state index contributed by atoms with van der Waals surface area (Å²) in [5.41, 5.74) is 0.339. The maximum Gasteiger partial charge on any atom is 0.339 e. The third kappa shape index (κ3) is 11.2. The summed E-state index contributed by atoms with van der Waals surface area (Å²) in [6, 6.07) is 13.1. The zero-order valence-corrected chi connectivity index (χ0v) is 25.6. The number of halogens is 3. The van der Waals surface area contributed by atoms with Crippen molar-refractivity contribution in [1.29, 1.82) is 0 Å². The van der Waals surface area contributed by atoms with Crippen molar-refractivity contribution in [1.82, 2.24) is 0 Å². The van der Waals surface area contributed by atoms with Crippen molar-refractivity contribution in [3.8, 4) is 17.2 Å². The Morgan fingerprint density at radius 2 is 0.757 bits per heavy atom. The average molecular weight is 699 g/mol. The normalized spacial score (nSPS) is 9.24. The van der Waals surface area contributed by atoms with Crippen LogP contribution in [0.25, 0.3) is 0 Å². The number of aromatic carboxylic acids is 3. The molecule has 195 valence electrons. The summed E-state index contributed by atoms with van der Waals surface area (Å²) < 4.78 is 14.5. The fourth-order valence-corrected chi connectivity index (χ4v) is 3.01. The van der Waals surface area contributed by atoms with Crippen molar-refractivity contribution < 1.29 is 79.5 Å². The molecule has 0 atom stereocenters. The second kappa shape index (κ2) is 17.1. The van der Waals surface area contributed by atoms with E-state index in [2.05, 4.69) is 0 Å². The molecule has 3 N–H and O–H groups in total. The Labute approximate surface area is 255 Å². The minimum Gasteiger partial charge on any atom is -0.496 e. The predicted octanol–water partition coefficient (Wildman–Crippen LogP) is 6.14. The van der Waals surface area contributed by atoms with E-state index >= 15 is 0 Å². The summed E-state index contributed by atoms with van der Waals surface area (Å²) in [6.45, 7) is 0. The van der Waals surface area contributed by atoms with Gasteiger partial charge in [-0.1, -0.05) is 34.8 Å². The number of rotatable bonds is 6. The molecule has 3 aromatic carbocycles. The first-order chi connectivity index (χ1) is 16.9. The van der Waals surface area contributed by atoms with Crippen LogP contribution in [-0.4, -0.2) is 54.6 Å². The molecule has 0 aliphatic rings. The van der Waals surface area contributed by atoms with Crippen molar-refractivity contribution in [2.75, 3.05) is 21.3 Å². The first kappa shape index (κ1) is 34.5. The second-order valence-corrected chi connectivity index (χ2v) is 7.76. The molecule has 0 amide bonds. The maximum atomic E-state index is 10.6. The molecule has 0 heterocycles. The van der Waals surface area contributed by atoms with Gasteiger partial charge in [0.15, 0.2) is 0 Å². The van der Waals surface area contributed by atoms with Gasteiger partial charge in [-0.3, -0.25) is 0 Å². The van der Waals surface area contributed by atoms with E-state index in [1.807, 2.05) is 0 Å². The molecule has 0 saturated heterocycles. The van der Waals surface area contributed by atoms with Gasteiger partial charge in [-0.2, -0.15) is 0 Å². The zero-order valence-electron chi connectivity index (χ0n) is 19.7. The molecule has 0 bridgehead atoms. The van der Waals surface area contributed by atoms with E-state index in [4.69, 9.17) is 64.3 Å². The van der Waals surface area contributed by atoms with Gasteiger partial charge in [-0.05, 0) is 54.6 Å². The van der Waals surface area contributed by atoms with Gasteiger partial charge in [0, 0.05) is 50.7 Å². The van der Waals surface area contributed by atoms with Crippen LogP contribution in [0.5, 0.6) is 17.2 Å². The maximum absolute atomic E-state index is 10.6. The van der Waals surface area contributed by atoms with E-state index in [1.54, 1.807) is 0 Å². The number of carboxylic acid groups (broad SMARTS) is 3. The number of benzene rings is 3. The number of methoxy groups -OCH3 is 3. The van der Waals surface area contributed by atoms with Crippen LogP contribution in [0.15, 0.2) is 54.6 Å². The van der Waals surface area contributed by atoms with Crippen molar-refractivity contribution in [2.45, 2.75) is 0 Å². The van der Waals surface area contributed by atoms with Crippen molar-refractivity contribution in [2.24, 2.45) is 0 Å². The Bertz CT molecular complexity index is 1090. The quantitative estimate of drug-likeness (QED) is 0.277. The molecule has 0 aliphatic heterocycles. The first-order valence-corrected chi connectivity index (χ1v) is 10.8. The number of hydrogen-bond donors (Lipinski definition) is 3. The Hall–Kier alpha value is -2.47. The summed E-state index contributed by atoms with van der Waals surface area (Å²) in [4.78, 5) is 31.7. The number of carboxylic acids is 3. The molecule has 1 radical (unpaired) electrons. The van der Waals surface area contributed by atoms with Gasteiger partial charge in [0.25, 0.3) is 0 Å². The third-order valence-corrected chi connectivity index (χ3v) is 4.89. The molecule has 9 nitrogen and oxygen atoms in total. The van der Waals surface area contributed by atoms with Crippen LogP contribution in [0.3, 0.4) is 0 Å². The first-order valence-electron chi connectivity index (χ1n) is 9.65. The Morgan fingerprint density at radius 1 is 0.541 bits per heavy atom. The van der Waals surface area contributed by atoms with Crippen LogP contribution in [0.2, 0.25) is 15.1 Å².